The normalized spacial score (nSPS) is 20.9. The Balaban J connectivity index is 1.44. The minimum atomic E-state index is -3.61. The maximum atomic E-state index is 12.9. The van der Waals surface area contributed by atoms with Crippen molar-refractivity contribution in [3.63, 3.8) is 0 Å². The molecule has 2 aliphatic heterocycles. The van der Waals surface area contributed by atoms with E-state index in [2.05, 4.69) is 0 Å². The molecule has 2 saturated heterocycles. The zero-order valence-corrected chi connectivity index (χ0v) is 17.3. The summed E-state index contributed by atoms with van der Waals surface area (Å²) in [6.07, 6.45) is -0.0126. The average Bonchev–Trinajstić information content (AvgIpc) is 3.08. The van der Waals surface area contributed by atoms with Crippen LogP contribution in [0.25, 0.3) is 0 Å². The van der Waals surface area contributed by atoms with E-state index in [4.69, 9.17) is 0 Å². The Morgan fingerprint density at radius 3 is 2.10 bits per heavy atom. The second-order valence-corrected chi connectivity index (χ2v) is 9.25. The Labute approximate surface area is 178 Å². The van der Waals surface area contributed by atoms with E-state index in [1.807, 2.05) is 4.90 Å². The zero-order valence-electron chi connectivity index (χ0n) is 16.5. The molecule has 0 radical (unpaired) electrons. The van der Waals surface area contributed by atoms with E-state index >= 15 is 0 Å². The lowest BCUT2D eigenvalue weighted by Gasteiger charge is -2.36. The van der Waals surface area contributed by atoms with E-state index in [1.165, 1.54) is 28.6 Å². The number of hydrogen-bond donors (Lipinski definition) is 0. The number of sulfonamides is 1. The quantitative estimate of drug-likeness (QED) is 0.386. The summed E-state index contributed by atoms with van der Waals surface area (Å²) < 4.78 is 26.9. The molecule has 0 spiro atoms. The van der Waals surface area contributed by atoms with Gasteiger partial charge in [-0.15, -0.1) is 0 Å². The largest absolute Gasteiger partial charge is 0.289 e. The van der Waals surface area contributed by atoms with Crippen molar-refractivity contribution in [3.05, 3.63) is 64.7 Å². The van der Waals surface area contributed by atoms with Gasteiger partial charge < -0.3 is 0 Å². The highest BCUT2D eigenvalue weighted by Gasteiger charge is 2.44. The van der Waals surface area contributed by atoms with Crippen molar-refractivity contribution in [2.75, 3.05) is 31.1 Å². The van der Waals surface area contributed by atoms with Gasteiger partial charge in [-0.3, -0.25) is 24.6 Å². The third-order valence-electron chi connectivity index (χ3n) is 5.54. The summed E-state index contributed by atoms with van der Waals surface area (Å²) in [6, 6.07) is 12.7. The number of nitro benzene ring substituents is 1. The number of benzene rings is 2. The number of carbonyl (C=O) groups is 2. The molecule has 1 atom stereocenters. The summed E-state index contributed by atoms with van der Waals surface area (Å²) in [5.74, 6) is -0.790. The highest BCUT2D eigenvalue weighted by Crippen LogP contribution is 2.28. The lowest BCUT2D eigenvalue weighted by atomic mass is 10.2. The monoisotopic (exact) mass is 444 g/mol. The van der Waals surface area contributed by atoms with E-state index in [1.54, 1.807) is 30.3 Å². The molecule has 2 aromatic carbocycles. The fourth-order valence-corrected chi connectivity index (χ4v) is 5.34. The van der Waals surface area contributed by atoms with Crippen LogP contribution < -0.4 is 4.90 Å². The van der Waals surface area contributed by atoms with Crippen LogP contribution in [0.3, 0.4) is 0 Å². The molecule has 4 rings (SSSR count). The van der Waals surface area contributed by atoms with Crippen LogP contribution in [-0.4, -0.2) is 66.6 Å². The Hall–Kier alpha value is -3.15. The average molecular weight is 444 g/mol. The summed E-state index contributed by atoms with van der Waals surface area (Å²) in [5, 5.41) is 10.8. The number of carbonyl (C=O) groups excluding carboxylic acids is 2. The maximum Gasteiger partial charge on any atom is 0.269 e. The predicted octanol–water partition coefficient (Wildman–Crippen LogP) is 1.23. The second-order valence-electron chi connectivity index (χ2n) is 7.31. The Morgan fingerprint density at radius 2 is 1.52 bits per heavy atom. The number of hydrogen-bond acceptors (Lipinski definition) is 7. The topological polar surface area (TPSA) is 121 Å². The van der Waals surface area contributed by atoms with Gasteiger partial charge >= 0.3 is 0 Å². The van der Waals surface area contributed by atoms with Crippen molar-refractivity contribution in [1.82, 2.24) is 9.21 Å². The standard InChI is InChI=1S/C20H20N4O6S/c25-19-14-18(20(26)23(19)15-6-8-16(9-7-15)24(27)28)21-10-12-22(13-11-21)31(29,30)17-4-2-1-3-5-17/h1-9,18H,10-14H2. The first kappa shape index (κ1) is 21.1. The number of nitro groups is 1. The first-order valence-electron chi connectivity index (χ1n) is 9.69. The third-order valence-corrected chi connectivity index (χ3v) is 7.45. The van der Waals surface area contributed by atoms with Crippen LogP contribution in [0.2, 0.25) is 0 Å². The van der Waals surface area contributed by atoms with Crippen molar-refractivity contribution in [1.29, 1.82) is 0 Å². The van der Waals surface area contributed by atoms with Gasteiger partial charge in [0, 0.05) is 38.3 Å². The number of rotatable bonds is 5. The molecular weight excluding hydrogens is 424 g/mol. The predicted molar refractivity (Wildman–Crippen MR) is 111 cm³/mol. The molecule has 0 bridgehead atoms. The molecular formula is C20H20N4O6S. The molecule has 2 aromatic rings. The summed E-state index contributed by atoms with van der Waals surface area (Å²) in [5.41, 5.74) is 0.156. The molecule has 0 aromatic heterocycles. The highest BCUT2D eigenvalue weighted by atomic mass is 32.2. The Kier molecular flexibility index (Phi) is 5.56. The van der Waals surface area contributed by atoms with E-state index in [9.17, 15) is 28.1 Å². The van der Waals surface area contributed by atoms with Gasteiger partial charge in [0.15, 0.2) is 0 Å². The molecule has 11 heteroatoms. The van der Waals surface area contributed by atoms with E-state index < -0.39 is 26.9 Å². The molecule has 10 nitrogen and oxygen atoms in total. The SMILES string of the molecule is O=C1CC(N2CCN(S(=O)(=O)c3ccccc3)CC2)C(=O)N1c1ccc([N+](=O)[O-])cc1. The van der Waals surface area contributed by atoms with Crippen LogP contribution in [0.1, 0.15) is 6.42 Å². The van der Waals surface area contributed by atoms with Crippen LogP contribution in [0.15, 0.2) is 59.5 Å². The highest BCUT2D eigenvalue weighted by molar-refractivity contribution is 7.89. The molecule has 162 valence electrons. The second kappa shape index (κ2) is 8.17. The fourth-order valence-electron chi connectivity index (χ4n) is 3.89. The van der Waals surface area contributed by atoms with Gasteiger partial charge in [0.1, 0.15) is 0 Å². The van der Waals surface area contributed by atoms with Crippen LogP contribution in [0.5, 0.6) is 0 Å². The van der Waals surface area contributed by atoms with Crippen LogP contribution >= 0.6 is 0 Å². The van der Waals surface area contributed by atoms with Crippen molar-refractivity contribution in [2.24, 2.45) is 0 Å². The molecule has 0 aliphatic carbocycles. The van der Waals surface area contributed by atoms with Gasteiger partial charge in [-0.2, -0.15) is 4.31 Å². The zero-order chi connectivity index (χ0) is 22.2. The summed E-state index contributed by atoms with van der Waals surface area (Å²) in [6.45, 7) is 1.08. The van der Waals surface area contributed by atoms with Gasteiger partial charge in [0.05, 0.1) is 28.0 Å². The number of non-ortho nitro benzene ring substituents is 1. The van der Waals surface area contributed by atoms with E-state index in [0.717, 1.165) is 4.90 Å². The lowest BCUT2D eigenvalue weighted by Crippen LogP contribution is -2.53. The van der Waals surface area contributed by atoms with Crippen molar-refractivity contribution in [2.45, 2.75) is 17.4 Å². The van der Waals surface area contributed by atoms with Crippen molar-refractivity contribution in [3.8, 4) is 0 Å². The van der Waals surface area contributed by atoms with Crippen molar-refractivity contribution >= 4 is 33.2 Å². The van der Waals surface area contributed by atoms with Crippen molar-refractivity contribution < 1.29 is 22.9 Å². The Bertz CT molecular complexity index is 1110. The molecule has 31 heavy (non-hydrogen) atoms. The summed E-state index contributed by atoms with van der Waals surface area (Å²) in [7, 11) is -3.61. The summed E-state index contributed by atoms with van der Waals surface area (Å²) >= 11 is 0. The van der Waals surface area contributed by atoms with E-state index in [-0.39, 0.29) is 41.7 Å². The van der Waals surface area contributed by atoms with Gasteiger partial charge in [0.2, 0.25) is 15.9 Å². The van der Waals surface area contributed by atoms with Crippen LogP contribution in [0.4, 0.5) is 11.4 Å². The Morgan fingerprint density at radius 1 is 0.903 bits per heavy atom. The van der Waals surface area contributed by atoms with Crippen LogP contribution in [0, 0.1) is 10.1 Å². The first-order chi connectivity index (χ1) is 14.8. The lowest BCUT2D eigenvalue weighted by molar-refractivity contribution is -0.384. The maximum absolute atomic E-state index is 12.9. The van der Waals surface area contributed by atoms with E-state index in [0.29, 0.717) is 13.1 Å². The minimum absolute atomic E-state index is 0.0126. The minimum Gasteiger partial charge on any atom is -0.289 e. The molecule has 2 heterocycles. The number of amides is 2. The van der Waals surface area contributed by atoms with Crippen LogP contribution in [-0.2, 0) is 19.6 Å². The van der Waals surface area contributed by atoms with Gasteiger partial charge in [0.25, 0.3) is 11.6 Å². The number of imide groups is 1. The molecule has 0 saturated carbocycles. The number of nitrogens with zero attached hydrogens (tertiary/aromatic N) is 4. The van der Waals surface area contributed by atoms with Gasteiger partial charge in [-0.25, -0.2) is 13.3 Å². The third kappa shape index (κ3) is 3.94. The number of piperazine rings is 1. The molecule has 2 fully saturated rings. The first-order valence-corrected chi connectivity index (χ1v) is 11.1. The van der Waals surface area contributed by atoms with Gasteiger partial charge in [-0.1, -0.05) is 18.2 Å². The summed E-state index contributed by atoms with van der Waals surface area (Å²) in [4.78, 5) is 38.8. The number of anilines is 1. The molecule has 2 aliphatic rings. The van der Waals surface area contributed by atoms with Gasteiger partial charge in [-0.05, 0) is 24.3 Å². The fraction of sp³-hybridized carbons (Fsp3) is 0.300. The molecule has 2 amide bonds. The smallest absolute Gasteiger partial charge is 0.269 e. The molecule has 1 unspecified atom stereocenters. The molecule has 0 N–H and O–H groups in total.